The van der Waals surface area contributed by atoms with Crippen LogP contribution in [0.5, 0.6) is 0 Å². The highest BCUT2D eigenvalue weighted by molar-refractivity contribution is 7.88. The molecule has 1 aliphatic rings. The number of sulfonamides is 1. The third-order valence-electron chi connectivity index (χ3n) is 4.55. The maximum atomic E-state index is 12.2. The van der Waals surface area contributed by atoms with Crippen molar-refractivity contribution >= 4 is 21.7 Å². The number of piperidine rings is 1. The lowest BCUT2D eigenvalue weighted by Gasteiger charge is -2.29. The standard InChI is InChI=1S/C17H24N6O3S/c1-27(25,26)23-10-4-14(5-11-23)17(24)19-7-6-18-15-12-16(21-13-20-15)22-8-2-3-9-22/h2-3,8-9,12-14H,4-7,10-11H2,1H3,(H,19,24)(H,18,20,21). The smallest absolute Gasteiger partial charge is 0.223 e. The van der Waals surface area contributed by atoms with Gasteiger partial charge in [-0.05, 0) is 25.0 Å². The third-order valence-corrected chi connectivity index (χ3v) is 5.85. The molecule has 3 heterocycles. The number of nitrogens with one attached hydrogen (secondary N) is 2. The lowest BCUT2D eigenvalue weighted by atomic mass is 9.97. The molecule has 1 saturated heterocycles. The van der Waals surface area contributed by atoms with Crippen molar-refractivity contribution in [3.05, 3.63) is 36.9 Å². The second-order valence-electron chi connectivity index (χ2n) is 6.51. The highest BCUT2D eigenvalue weighted by Crippen LogP contribution is 2.19. The minimum atomic E-state index is -3.17. The summed E-state index contributed by atoms with van der Waals surface area (Å²) in [5.74, 6) is 1.28. The lowest BCUT2D eigenvalue weighted by Crippen LogP contribution is -2.43. The molecule has 1 aliphatic heterocycles. The van der Waals surface area contributed by atoms with Crippen LogP contribution in [0.2, 0.25) is 0 Å². The van der Waals surface area contributed by atoms with E-state index in [0.29, 0.717) is 44.8 Å². The summed E-state index contributed by atoms with van der Waals surface area (Å²) >= 11 is 0. The summed E-state index contributed by atoms with van der Waals surface area (Å²) in [6.07, 6.45) is 7.61. The van der Waals surface area contributed by atoms with Crippen molar-refractivity contribution in [2.45, 2.75) is 12.8 Å². The zero-order valence-corrected chi connectivity index (χ0v) is 16.0. The number of anilines is 1. The van der Waals surface area contributed by atoms with E-state index in [0.717, 1.165) is 5.82 Å². The van der Waals surface area contributed by atoms with E-state index in [1.807, 2.05) is 35.2 Å². The molecule has 0 unspecified atom stereocenters. The summed E-state index contributed by atoms with van der Waals surface area (Å²) in [4.78, 5) is 20.6. The van der Waals surface area contributed by atoms with Crippen molar-refractivity contribution in [1.82, 2.24) is 24.2 Å². The zero-order chi connectivity index (χ0) is 19.3. The van der Waals surface area contributed by atoms with E-state index in [1.54, 1.807) is 0 Å². The molecule has 0 saturated carbocycles. The normalized spacial score (nSPS) is 16.2. The number of carbonyl (C=O) groups excluding carboxylic acids is 1. The molecule has 2 aromatic rings. The maximum Gasteiger partial charge on any atom is 0.223 e. The van der Waals surface area contributed by atoms with Crippen molar-refractivity contribution in [3.63, 3.8) is 0 Å². The summed E-state index contributed by atoms with van der Waals surface area (Å²) in [6.45, 7) is 1.81. The zero-order valence-electron chi connectivity index (χ0n) is 15.2. The van der Waals surface area contributed by atoms with Gasteiger partial charge in [-0.15, -0.1) is 0 Å². The van der Waals surface area contributed by atoms with Crippen molar-refractivity contribution < 1.29 is 13.2 Å². The Morgan fingerprint density at radius 2 is 1.89 bits per heavy atom. The van der Waals surface area contributed by atoms with E-state index in [-0.39, 0.29) is 11.8 Å². The SMILES string of the molecule is CS(=O)(=O)N1CCC(C(=O)NCCNc2cc(-n3cccc3)ncn2)CC1. The van der Waals surface area contributed by atoms with Gasteiger partial charge in [-0.1, -0.05) is 0 Å². The van der Waals surface area contributed by atoms with Crippen LogP contribution in [0.1, 0.15) is 12.8 Å². The molecule has 0 aliphatic carbocycles. The van der Waals surface area contributed by atoms with Crippen LogP contribution >= 0.6 is 0 Å². The minimum Gasteiger partial charge on any atom is -0.368 e. The fraction of sp³-hybridized carbons (Fsp3) is 0.471. The average molecular weight is 392 g/mol. The van der Waals surface area contributed by atoms with Crippen LogP contribution in [-0.2, 0) is 14.8 Å². The topological polar surface area (TPSA) is 109 Å². The Hall–Kier alpha value is -2.46. The molecule has 2 N–H and O–H groups in total. The van der Waals surface area contributed by atoms with Gasteiger partial charge in [0.2, 0.25) is 15.9 Å². The highest BCUT2D eigenvalue weighted by Gasteiger charge is 2.28. The molecule has 0 aromatic carbocycles. The molecule has 0 spiro atoms. The number of rotatable bonds is 7. The van der Waals surface area contributed by atoms with Gasteiger partial charge in [0.25, 0.3) is 0 Å². The summed E-state index contributed by atoms with van der Waals surface area (Å²) in [5, 5.41) is 6.07. The van der Waals surface area contributed by atoms with Crippen LogP contribution in [0.25, 0.3) is 5.82 Å². The molecule has 9 nitrogen and oxygen atoms in total. The number of hydrogen-bond donors (Lipinski definition) is 2. The number of amides is 1. The lowest BCUT2D eigenvalue weighted by molar-refractivity contribution is -0.126. The van der Waals surface area contributed by atoms with E-state index in [2.05, 4.69) is 20.6 Å². The second kappa shape index (κ2) is 8.49. The first kappa shape index (κ1) is 19.3. The van der Waals surface area contributed by atoms with Crippen LogP contribution in [-0.4, -0.2) is 65.6 Å². The van der Waals surface area contributed by atoms with Crippen molar-refractivity contribution in [2.24, 2.45) is 5.92 Å². The number of hydrogen-bond acceptors (Lipinski definition) is 6. The molecule has 10 heteroatoms. The Morgan fingerprint density at radius 3 is 2.56 bits per heavy atom. The average Bonchev–Trinajstić information content (AvgIpc) is 3.19. The fourth-order valence-electron chi connectivity index (χ4n) is 3.04. The van der Waals surface area contributed by atoms with Gasteiger partial charge in [0.15, 0.2) is 0 Å². The van der Waals surface area contributed by atoms with Crippen LogP contribution in [0, 0.1) is 5.92 Å². The minimum absolute atomic E-state index is 0.0272. The second-order valence-corrected chi connectivity index (χ2v) is 8.49. The maximum absolute atomic E-state index is 12.2. The number of carbonyl (C=O) groups is 1. The van der Waals surface area contributed by atoms with E-state index in [9.17, 15) is 13.2 Å². The third kappa shape index (κ3) is 5.27. The van der Waals surface area contributed by atoms with Gasteiger partial charge in [0.05, 0.1) is 6.26 Å². The van der Waals surface area contributed by atoms with E-state index < -0.39 is 10.0 Å². The van der Waals surface area contributed by atoms with E-state index >= 15 is 0 Å². The summed E-state index contributed by atoms with van der Waals surface area (Å²) in [5.41, 5.74) is 0. The summed E-state index contributed by atoms with van der Waals surface area (Å²) < 4.78 is 26.3. The van der Waals surface area contributed by atoms with Gasteiger partial charge in [0.1, 0.15) is 18.0 Å². The van der Waals surface area contributed by atoms with E-state index in [1.165, 1.54) is 16.9 Å². The molecule has 146 valence electrons. The molecule has 3 rings (SSSR count). The van der Waals surface area contributed by atoms with Gasteiger partial charge in [-0.3, -0.25) is 4.79 Å². The monoisotopic (exact) mass is 392 g/mol. The fourth-order valence-corrected chi connectivity index (χ4v) is 3.92. The summed E-state index contributed by atoms with van der Waals surface area (Å²) in [7, 11) is -3.17. The largest absolute Gasteiger partial charge is 0.368 e. The van der Waals surface area contributed by atoms with E-state index in [4.69, 9.17) is 0 Å². The molecule has 0 radical (unpaired) electrons. The predicted molar refractivity (Wildman–Crippen MR) is 102 cm³/mol. The van der Waals surface area contributed by atoms with Crippen molar-refractivity contribution in [3.8, 4) is 5.82 Å². The molecular weight excluding hydrogens is 368 g/mol. The van der Waals surface area contributed by atoms with Crippen LogP contribution in [0.3, 0.4) is 0 Å². The van der Waals surface area contributed by atoms with Crippen molar-refractivity contribution in [2.75, 3.05) is 37.8 Å². The molecule has 27 heavy (non-hydrogen) atoms. The first-order valence-electron chi connectivity index (χ1n) is 8.85. The summed E-state index contributed by atoms with van der Waals surface area (Å²) in [6, 6.07) is 5.68. The number of aromatic nitrogens is 3. The predicted octanol–water partition coefficient (Wildman–Crippen LogP) is 0.467. The van der Waals surface area contributed by atoms with Crippen molar-refractivity contribution in [1.29, 1.82) is 0 Å². The Labute approximate surface area is 158 Å². The molecular formula is C17H24N6O3S. The highest BCUT2D eigenvalue weighted by atomic mass is 32.2. The molecule has 1 fully saturated rings. The Balaban J connectivity index is 1.40. The molecule has 2 aromatic heterocycles. The molecule has 0 bridgehead atoms. The van der Waals surface area contributed by atoms with Gasteiger partial charge in [0, 0.05) is 50.6 Å². The van der Waals surface area contributed by atoms with Crippen LogP contribution in [0.15, 0.2) is 36.9 Å². The number of nitrogens with zero attached hydrogens (tertiary/aromatic N) is 4. The molecule has 1 amide bonds. The van der Waals surface area contributed by atoms with Gasteiger partial charge in [-0.25, -0.2) is 22.7 Å². The van der Waals surface area contributed by atoms with Crippen LogP contribution < -0.4 is 10.6 Å². The Bertz CT molecular complexity index is 861. The first-order chi connectivity index (χ1) is 12.9. The van der Waals surface area contributed by atoms with Crippen LogP contribution in [0.4, 0.5) is 5.82 Å². The Morgan fingerprint density at radius 1 is 1.19 bits per heavy atom. The van der Waals surface area contributed by atoms with Gasteiger partial charge in [-0.2, -0.15) is 0 Å². The Kier molecular flexibility index (Phi) is 6.07. The van der Waals surface area contributed by atoms with Gasteiger partial charge >= 0.3 is 0 Å². The molecule has 0 atom stereocenters. The van der Waals surface area contributed by atoms with Gasteiger partial charge < -0.3 is 15.2 Å². The first-order valence-corrected chi connectivity index (χ1v) is 10.7. The quantitative estimate of drug-likeness (QED) is 0.663.